The van der Waals surface area contributed by atoms with Gasteiger partial charge in [0.15, 0.2) is 0 Å². The Morgan fingerprint density at radius 2 is 1.73 bits per heavy atom. The number of phenolic OH excluding ortho intramolecular Hbond substituents is 2. The minimum Gasteiger partial charge on any atom is -0.508 e. The molecule has 1 rings (SSSR count). The molecule has 3 heteroatoms. The van der Waals surface area contributed by atoms with Crippen molar-refractivity contribution in [3.63, 3.8) is 0 Å². The second-order valence-corrected chi connectivity index (χ2v) is 2.04. The molecular formula is C8H11ClO2. The number of hydrogen-bond donors (Lipinski definition) is 2. The SMILES string of the molecule is CC.Oc1ccc(O)c(Cl)c1. The predicted octanol–water partition coefficient (Wildman–Crippen LogP) is 2.78. The third-order valence-electron chi connectivity index (χ3n) is 0.931. The predicted molar refractivity (Wildman–Crippen MR) is 46.1 cm³/mol. The minimum absolute atomic E-state index is 0.0190. The summed E-state index contributed by atoms with van der Waals surface area (Å²) < 4.78 is 0. The molecule has 0 fully saturated rings. The van der Waals surface area contributed by atoms with Crippen LogP contribution >= 0.6 is 11.6 Å². The van der Waals surface area contributed by atoms with Crippen LogP contribution in [0.3, 0.4) is 0 Å². The topological polar surface area (TPSA) is 40.5 Å². The van der Waals surface area contributed by atoms with Gasteiger partial charge in [0.1, 0.15) is 11.5 Å². The largest absolute Gasteiger partial charge is 0.508 e. The lowest BCUT2D eigenvalue weighted by Crippen LogP contribution is -1.66. The Morgan fingerprint density at radius 1 is 1.18 bits per heavy atom. The maximum Gasteiger partial charge on any atom is 0.134 e. The first kappa shape index (κ1) is 10.1. The van der Waals surface area contributed by atoms with E-state index < -0.39 is 0 Å². The molecule has 11 heavy (non-hydrogen) atoms. The molecule has 0 spiro atoms. The monoisotopic (exact) mass is 174 g/mol. The molecule has 0 atom stereocenters. The molecule has 1 aromatic carbocycles. The third kappa shape index (κ3) is 3.14. The maximum atomic E-state index is 8.80. The molecule has 0 saturated heterocycles. The molecule has 0 heterocycles. The summed E-state index contributed by atoms with van der Waals surface area (Å²) in [6.07, 6.45) is 0. The van der Waals surface area contributed by atoms with Crippen LogP contribution in [-0.4, -0.2) is 10.2 Å². The number of aromatic hydroxyl groups is 2. The van der Waals surface area contributed by atoms with Gasteiger partial charge in [-0.1, -0.05) is 25.4 Å². The molecule has 62 valence electrons. The Morgan fingerprint density at radius 3 is 2.09 bits per heavy atom. The van der Waals surface area contributed by atoms with E-state index in [0.29, 0.717) is 0 Å². The average Bonchev–Trinajstić information content (AvgIpc) is 2.02. The molecule has 0 aliphatic heterocycles. The van der Waals surface area contributed by atoms with Gasteiger partial charge in [-0.15, -0.1) is 0 Å². The van der Waals surface area contributed by atoms with E-state index in [9.17, 15) is 0 Å². The Labute approximate surface area is 71.1 Å². The molecule has 0 bridgehead atoms. The van der Waals surface area contributed by atoms with Gasteiger partial charge in [-0.05, 0) is 12.1 Å². The van der Waals surface area contributed by atoms with E-state index in [1.807, 2.05) is 13.8 Å². The van der Waals surface area contributed by atoms with Crippen LogP contribution in [0, 0.1) is 0 Å². The van der Waals surface area contributed by atoms with Crippen molar-refractivity contribution in [2.24, 2.45) is 0 Å². The summed E-state index contributed by atoms with van der Waals surface area (Å²) in [6, 6.07) is 3.97. The quantitative estimate of drug-likeness (QED) is 0.594. The fourth-order valence-electron chi connectivity index (χ4n) is 0.496. The summed E-state index contributed by atoms with van der Waals surface area (Å²) in [7, 11) is 0. The second kappa shape index (κ2) is 4.85. The fourth-order valence-corrected chi connectivity index (χ4v) is 0.671. The van der Waals surface area contributed by atoms with Gasteiger partial charge in [-0.2, -0.15) is 0 Å². The second-order valence-electron chi connectivity index (χ2n) is 1.64. The van der Waals surface area contributed by atoms with Gasteiger partial charge >= 0.3 is 0 Å². The van der Waals surface area contributed by atoms with Crippen LogP contribution in [0.25, 0.3) is 0 Å². The van der Waals surface area contributed by atoms with Crippen LogP contribution in [0.5, 0.6) is 11.5 Å². The van der Waals surface area contributed by atoms with Crippen LogP contribution in [0.4, 0.5) is 0 Å². The van der Waals surface area contributed by atoms with Gasteiger partial charge in [0.25, 0.3) is 0 Å². The molecule has 2 N–H and O–H groups in total. The summed E-state index contributed by atoms with van der Waals surface area (Å²) in [4.78, 5) is 0. The highest BCUT2D eigenvalue weighted by molar-refractivity contribution is 6.32. The molecule has 1 aromatic rings. The lowest BCUT2D eigenvalue weighted by Gasteiger charge is -1.94. The molecule has 2 nitrogen and oxygen atoms in total. The van der Waals surface area contributed by atoms with Crippen molar-refractivity contribution in [2.45, 2.75) is 13.8 Å². The normalized spacial score (nSPS) is 8.27. The highest BCUT2D eigenvalue weighted by Crippen LogP contribution is 2.26. The lowest BCUT2D eigenvalue weighted by atomic mass is 10.3. The third-order valence-corrected chi connectivity index (χ3v) is 1.23. The summed E-state index contributed by atoms with van der Waals surface area (Å²) in [5.41, 5.74) is 0. The zero-order chi connectivity index (χ0) is 8.85. The maximum absolute atomic E-state index is 8.80. The first-order valence-electron chi connectivity index (χ1n) is 3.37. The van der Waals surface area contributed by atoms with E-state index in [2.05, 4.69) is 0 Å². The Hall–Kier alpha value is -0.890. The van der Waals surface area contributed by atoms with Crippen LogP contribution < -0.4 is 0 Å². The minimum atomic E-state index is -0.0190. The van der Waals surface area contributed by atoms with Crippen molar-refractivity contribution in [2.75, 3.05) is 0 Å². The Bertz CT molecular complexity index is 223. The van der Waals surface area contributed by atoms with Gasteiger partial charge in [0.05, 0.1) is 5.02 Å². The van der Waals surface area contributed by atoms with E-state index in [4.69, 9.17) is 21.8 Å². The summed E-state index contributed by atoms with van der Waals surface area (Å²) in [6.45, 7) is 4.00. The zero-order valence-corrected chi connectivity index (χ0v) is 7.26. The summed E-state index contributed by atoms with van der Waals surface area (Å²) in [5, 5.41) is 17.7. The standard InChI is InChI=1S/C6H5ClO2.C2H6/c7-5-3-4(8)1-2-6(5)9;1-2/h1-3,8-9H;1-2H3. The molecule has 0 saturated carbocycles. The first-order valence-corrected chi connectivity index (χ1v) is 3.75. The van der Waals surface area contributed by atoms with Crippen molar-refractivity contribution in [1.82, 2.24) is 0 Å². The van der Waals surface area contributed by atoms with Crippen LogP contribution in [-0.2, 0) is 0 Å². The Balaban J connectivity index is 0.000000461. The molecular weight excluding hydrogens is 164 g/mol. The molecule has 0 aliphatic carbocycles. The number of phenols is 2. The van der Waals surface area contributed by atoms with Gasteiger partial charge in [-0.3, -0.25) is 0 Å². The molecule has 0 radical (unpaired) electrons. The van der Waals surface area contributed by atoms with E-state index in [-0.39, 0.29) is 16.5 Å². The zero-order valence-electron chi connectivity index (χ0n) is 6.50. The highest BCUT2D eigenvalue weighted by Gasteiger charge is 1.95. The van der Waals surface area contributed by atoms with E-state index >= 15 is 0 Å². The first-order chi connectivity index (χ1) is 5.20. The lowest BCUT2D eigenvalue weighted by molar-refractivity contribution is 0.460. The number of benzene rings is 1. The van der Waals surface area contributed by atoms with E-state index in [0.717, 1.165) is 0 Å². The van der Waals surface area contributed by atoms with Crippen molar-refractivity contribution in [1.29, 1.82) is 0 Å². The van der Waals surface area contributed by atoms with Crippen LogP contribution in [0.15, 0.2) is 18.2 Å². The van der Waals surface area contributed by atoms with Crippen LogP contribution in [0.2, 0.25) is 5.02 Å². The molecule has 0 aromatic heterocycles. The van der Waals surface area contributed by atoms with E-state index in [1.165, 1.54) is 18.2 Å². The van der Waals surface area contributed by atoms with E-state index in [1.54, 1.807) is 0 Å². The van der Waals surface area contributed by atoms with Gasteiger partial charge < -0.3 is 10.2 Å². The number of hydrogen-bond acceptors (Lipinski definition) is 2. The van der Waals surface area contributed by atoms with Crippen molar-refractivity contribution in [3.8, 4) is 11.5 Å². The average molecular weight is 175 g/mol. The van der Waals surface area contributed by atoms with Crippen LogP contribution in [0.1, 0.15) is 13.8 Å². The smallest absolute Gasteiger partial charge is 0.134 e. The number of halogens is 1. The summed E-state index contributed by atoms with van der Waals surface area (Å²) >= 11 is 5.40. The molecule has 0 aliphatic rings. The van der Waals surface area contributed by atoms with Crippen molar-refractivity contribution < 1.29 is 10.2 Å². The number of rotatable bonds is 0. The van der Waals surface area contributed by atoms with Crippen molar-refractivity contribution in [3.05, 3.63) is 23.2 Å². The Kier molecular flexibility index (Phi) is 4.46. The van der Waals surface area contributed by atoms with Gasteiger partial charge in [-0.25, -0.2) is 0 Å². The van der Waals surface area contributed by atoms with Gasteiger partial charge in [0.2, 0.25) is 0 Å². The van der Waals surface area contributed by atoms with Crippen molar-refractivity contribution >= 4 is 11.6 Å². The molecule has 0 unspecified atom stereocenters. The van der Waals surface area contributed by atoms with Gasteiger partial charge in [0, 0.05) is 6.07 Å². The highest BCUT2D eigenvalue weighted by atomic mass is 35.5. The summed E-state index contributed by atoms with van der Waals surface area (Å²) in [5.74, 6) is 0.0345. The molecule has 0 amide bonds. The fraction of sp³-hybridized carbons (Fsp3) is 0.250.